The lowest BCUT2D eigenvalue weighted by atomic mass is 10.2. The van der Waals surface area contributed by atoms with E-state index in [-0.39, 0.29) is 11.4 Å². The molecule has 0 spiro atoms. The van der Waals surface area contributed by atoms with E-state index in [0.717, 1.165) is 10.0 Å². The van der Waals surface area contributed by atoms with Gasteiger partial charge in [0.25, 0.3) is 10.0 Å². The van der Waals surface area contributed by atoms with Crippen LogP contribution in [0.3, 0.4) is 0 Å². The fraction of sp³-hybridized carbons (Fsp3) is 0.286. The predicted octanol–water partition coefficient (Wildman–Crippen LogP) is 3.23. The summed E-state index contributed by atoms with van der Waals surface area (Å²) in [6.45, 7) is 5.27. The Morgan fingerprint density at radius 3 is 2.52 bits per heavy atom. The van der Waals surface area contributed by atoms with Crippen molar-refractivity contribution in [3.63, 3.8) is 0 Å². The molecule has 0 unspecified atom stereocenters. The lowest BCUT2D eigenvalue weighted by molar-refractivity contribution is 0.494. The molecule has 1 heterocycles. The molecule has 0 aliphatic rings. The highest BCUT2D eigenvalue weighted by Gasteiger charge is 2.26. The first-order chi connectivity index (χ1) is 9.76. The minimum Gasteiger partial charge on any atom is -0.465 e. The van der Waals surface area contributed by atoms with Crippen LogP contribution >= 0.6 is 15.9 Å². The van der Waals surface area contributed by atoms with Crippen LogP contribution in [0.4, 0.5) is 5.69 Å². The highest BCUT2D eigenvalue weighted by atomic mass is 79.9. The molecule has 2 rings (SSSR count). The molecule has 1 aromatic carbocycles. The number of furan rings is 1. The standard InChI is InChI=1S/C14H17BrN2O3S/c1-8-4-5-11(15)6-13(8)17-21(18,19)14-10(3)20-9(2)12(14)7-16/h4-6,17H,7,16H2,1-3H3. The van der Waals surface area contributed by atoms with Crippen LogP contribution in [-0.4, -0.2) is 8.42 Å². The van der Waals surface area contributed by atoms with Crippen molar-refractivity contribution >= 4 is 31.6 Å². The maximum Gasteiger partial charge on any atom is 0.265 e. The summed E-state index contributed by atoms with van der Waals surface area (Å²) < 4.78 is 34.1. The molecule has 5 nitrogen and oxygen atoms in total. The van der Waals surface area contributed by atoms with Crippen LogP contribution in [0.5, 0.6) is 0 Å². The number of nitrogens with two attached hydrogens (primary N) is 1. The highest BCUT2D eigenvalue weighted by molar-refractivity contribution is 9.10. The summed E-state index contributed by atoms with van der Waals surface area (Å²) in [6.07, 6.45) is 0. The molecule has 0 aliphatic carbocycles. The van der Waals surface area contributed by atoms with Crippen molar-refractivity contribution in [1.82, 2.24) is 0 Å². The molecule has 0 saturated heterocycles. The van der Waals surface area contributed by atoms with Crippen molar-refractivity contribution in [2.24, 2.45) is 5.73 Å². The average molecular weight is 373 g/mol. The molecule has 0 radical (unpaired) electrons. The molecule has 1 aromatic heterocycles. The molecule has 0 amide bonds. The maximum absolute atomic E-state index is 12.6. The molecule has 7 heteroatoms. The summed E-state index contributed by atoms with van der Waals surface area (Å²) in [7, 11) is -3.75. The van der Waals surface area contributed by atoms with Gasteiger partial charge in [0.15, 0.2) is 0 Å². The summed E-state index contributed by atoms with van der Waals surface area (Å²) in [4.78, 5) is 0.127. The van der Waals surface area contributed by atoms with Gasteiger partial charge >= 0.3 is 0 Å². The first-order valence-corrected chi connectivity index (χ1v) is 8.61. The van der Waals surface area contributed by atoms with E-state index >= 15 is 0 Å². The highest BCUT2D eigenvalue weighted by Crippen LogP contribution is 2.29. The van der Waals surface area contributed by atoms with Crippen LogP contribution in [-0.2, 0) is 16.6 Å². The molecule has 0 fully saturated rings. The third-order valence-electron chi connectivity index (χ3n) is 3.24. The number of benzene rings is 1. The van der Waals surface area contributed by atoms with Gasteiger partial charge in [0.2, 0.25) is 0 Å². The SMILES string of the molecule is Cc1ccc(Br)cc1NS(=O)(=O)c1c(C)oc(C)c1CN. The topological polar surface area (TPSA) is 85.3 Å². The van der Waals surface area contributed by atoms with E-state index in [9.17, 15) is 8.42 Å². The summed E-state index contributed by atoms with van der Waals surface area (Å²) in [5, 5.41) is 0. The van der Waals surface area contributed by atoms with E-state index in [1.165, 1.54) is 0 Å². The van der Waals surface area contributed by atoms with Crippen molar-refractivity contribution in [2.75, 3.05) is 4.72 Å². The van der Waals surface area contributed by atoms with E-state index in [1.807, 2.05) is 19.1 Å². The second-order valence-corrected chi connectivity index (χ2v) is 7.33. The van der Waals surface area contributed by atoms with Gasteiger partial charge in [0.05, 0.1) is 5.69 Å². The van der Waals surface area contributed by atoms with Gasteiger partial charge in [0.1, 0.15) is 16.4 Å². The molecule has 0 aliphatic heterocycles. The third kappa shape index (κ3) is 3.14. The van der Waals surface area contributed by atoms with E-state index in [1.54, 1.807) is 19.9 Å². The van der Waals surface area contributed by atoms with Gasteiger partial charge in [0, 0.05) is 16.6 Å². The Hall–Kier alpha value is -1.31. The van der Waals surface area contributed by atoms with Crippen molar-refractivity contribution in [2.45, 2.75) is 32.2 Å². The van der Waals surface area contributed by atoms with Gasteiger partial charge in [-0.2, -0.15) is 0 Å². The van der Waals surface area contributed by atoms with Crippen LogP contribution in [0, 0.1) is 20.8 Å². The predicted molar refractivity (Wildman–Crippen MR) is 85.8 cm³/mol. The first-order valence-electron chi connectivity index (χ1n) is 6.34. The number of sulfonamides is 1. The van der Waals surface area contributed by atoms with Crippen LogP contribution < -0.4 is 10.5 Å². The molecule has 0 atom stereocenters. The molecular weight excluding hydrogens is 356 g/mol. The molecule has 0 saturated carbocycles. The number of aryl methyl sites for hydroxylation is 3. The van der Waals surface area contributed by atoms with E-state index in [2.05, 4.69) is 20.7 Å². The van der Waals surface area contributed by atoms with Gasteiger partial charge < -0.3 is 10.2 Å². The molecule has 21 heavy (non-hydrogen) atoms. The maximum atomic E-state index is 12.6. The minimum absolute atomic E-state index is 0.108. The zero-order chi connectivity index (χ0) is 15.8. The average Bonchev–Trinajstić information content (AvgIpc) is 2.68. The van der Waals surface area contributed by atoms with E-state index in [4.69, 9.17) is 10.2 Å². The van der Waals surface area contributed by atoms with Gasteiger partial charge in [-0.3, -0.25) is 4.72 Å². The monoisotopic (exact) mass is 372 g/mol. The van der Waals surface area contributed by atoms with Crippen LogP contribution in [0.25, 0.3) is 0 Å². The smallest absolute Gasteiger partial charge is 0.265 e. The normalized spacial score (nSPS) is 11.7. The van der Waals surface area contributed by atoms with Crippen LogP contribution in [0.2, 0.25) is 0 Å². The van der Waals surface area contributed by atoms with E-state index < -0.39 is 10.0 Å². The van der Waals surface area contributed by atoms with Crippen LogP contribution in [0.15, 0.2) is 32.0 Å². The fourth-order valence-electron chi connectivity index (χ4n) is 2.20. The molecule has 0 bridgehead atoms. The van der Waals surface area contributed by atoms with Crippen molar-refractivity contribution in [3.8, 4) is 0 Å². The Kier molecular flexibility index (Phi) is 4.46. The van der Waals surface area contributed by atoms with Crippen molar-refractivity contribution in [3.05, 3.63) is 45.3 Å². The number of halogens is 1. The summed E-state index contributed by atoms with van der Waals surface area (Å²) in [5.74, 6) is 0.870. The Balaban J connectivity index is 2.51. The van der Waals surface area contributed by atoms with Crippen molar-refractivity contribution in [1.29, 1.82) is 0 Å². The zero-order valence-corrected chi connectivity index (χ0v) is 14.4. The van der Waals surface area contributed by atoms with Crippen LogP contribution in [0.1, 0.15) is 22.6 Å². The molecule has 3 N–H and O–H groups in total. The molecule has 2 aromatic rings. The summed E-state index contributed by atoms with van der Waals surface area (Å²) in [5.41, 5.74) is 7.50. The zero-order valence-electron chi connectivity index (χ0n) is 12.0. The summed E-state index contributed by atoms with van der Waals surface area (Å²) >= 11 is 3.33. The number of hydrogen-bond donors (Lipinski definition) is 2. The second-order valence-electron chi connectivity index (χ2n) is 4.79. The minimum atomic E-state index is -3.75. The lowest BCUT2D eigenvalue weighted by Gasteiger charge is -2.11. The molecule has 114 valence electrons. The second kappa shape index (κ2) is 5.82. The Morgan fingerprint density at radius 1 is 1.24 bits per heavy atom. The quantitative estimate of drug-likeness (QED) is 0.862. The fourth-order valence-corrected chi connectivity index (χ4v) is 4.14. The Labute approximate surface area is 132 Å². The Morgan fingerprint density at radius 2 is 1.90 bits per heavy atom. The largest absolute Gasteiger partial charge is 0.465 e. The van der Waals surface area contributed by atoms with Gasteiger partial charge in [-0.15, -0.1) is 0 Å². The van der Waals surface area contributed by atoms with Gasteiger partial charge in [-0.05, 0) is 38.5 Å². The van der Waals surface area contributed by atoms with Gasteiger partial charge in [-0.25, -0.2) is 8.42 Å². The number of anilines is 1. The Bertz CT molecular complexity index is 782. The van der Waals surface area contributed by atoms with Gasteiger partial charge in [-0.1, -0.05) is 22.0 Å². The number of rotatable bonds is 4. The third-order valence-corrected chi connectivity index (χ3v) is 5.30. The number of nitrogens with one attached hydrogen (secondary N) is 1. The molecular formula is C14H17BrN2O3S. The number of hydrogen-bond acceptors (Lipinski definition) is 4. The van der Waals surface area contributed by atoms with Crippen molar-refractivity contribution < 1.29 is 12.8 Å². The van der Waals surface area contributed by atoms with E-state index in [0.29, 0.717) is 22.8 Å². The lowest BCUT2D eigenvalue weighted by Crippen LogP contribution is -2.17. The summed E-state index contributed by atoms with van der Waals surface area (Å²) in [6, 6.07) is 5.40. The first kappa shape index (κ1) is 16.1.